The van der Waals surface area contributed by atoms with Gasteiger partial charge in [-0.1, -0.05) is 6.07 Å². The fraction of sp³-hybridized carbons (Fsp3) is 0.143. The highest BCUT2D eigenvalue weighted by Crippen LogP contribution is 2.27. The molecule has 0 aliphatic rings. The summed E-state index contributed by atoms with van der Waals surface area (Å²) in [7, 11) is 0. The Morgan fingerprint density at radius 1 is 1.18 bits per heavy atom. The highest BCUT2D eigenvalue weighted by Gasteiger charge is 2.17. The van der Waals surface area contributed by atoms with Crippen LogP contribution in [0.15, 0.2) is 35.7 Å². The summed E-state index contributed by atoms with van der Waals surface area (Å²) in [5.74, 6) is -0.976. The fourth-order valence-corrected chi connectivity index (χ4v) is 2.44. The van der Waals surface area contributed by atoms with Crippen LogP contribution in [0.3, 0.4) is 0 Å². The molecule has 1 aromatic carbocycles. The van der Waals surface area contributed by atoms with Crippen LogP contribution in [0.4, 0.5) is 20.2 Å². The van der Waals surface area contributed by atoms with Gasteiger partial charge >= 0.3 is 6.61 Å². The number of halogens is 2. The van der Waals surface area contributed by atoms with Crippen molar-refractivity contribution in [2.45, 2.75) is 13.5 Å². The number of benzene rings is 1. The number of carbonyl (C=O) groups is 2. The van der Waals surface area contributed by atoms with Gasteiger partial charge in [0, 0.05) is 18.3 Å². The first-order chi connectivity index (χ1) is 10.5. The fourth-order valence-electron chi connectivity index (χ4n) is 1.72. The van der Waals surface area contributed by atoms with Gasteiger partial charge in [-0.25, -0.2) is 0 Å². The van der Waals surface area contributed by atoms with Crippen LogP contribution in [-0.4, -0.2) is 18.4 Å². The van der Waals surface area contributed by atoms with Crippen LogP contribution in [0.5, 0.6) is 5.75 Å². The Labute approximate surface area is 128 Å². The summed E-state index contributed by atoms with van der Waals surface area (Å²) in [6.45, 7) is -1.63. The van der Waals surface area contributed by atoms with E-state index >= 15 is 0 Å². The zero-order valence-corrected chi connectivity index (χ0v) is 12.2. The van der Waals surface area contributed by atoms with Crippen LogP contribution < -0.4 is 15.4 Å². The van der Waals surface area contributed by atoms with Crippen molar-refractivity contribution in [3.8, 4) is 5.75 Å². The number of hydrogen-bond acceptors (Lipinski definition) is 4. The van der Waals surface area contributed by atoms with Gasteiger partial charge in [-0.05, 0) is 29.6 Å². The molecule has 1 aromatic heterocycles. The molecule has 1 heterocycles. The van der Waals surface area contributed by atoms with Crippen LogP contribution in [-0.2, 0) is 4.79 Å². The van der Waals surface area contributed by atoms with Crippen molar-refractivity contribution in [1.82, 2.24) is 0 Å². The topological polar surface area (TPSA) is 67.4 Å². The molecular weight excluding hydrogens is 314 g/mol. The zero-order valence-electron chi connectivity index (χ0n) is 11.4. The number of nitrogens with one attached hydrogen (secondary N) is 2. The molecule has 0 bridgehead atoms. The molecule has 0 spiro atoms. The van der Waals surface area contributed by atoms with Crippen molar-refractivity contribution < 1.29 is 23.1 Å². The number of carbonyl (C=O) groups excluding carboxylic acids is 2. The summed E-state index contributed by atoms with van der Waals surface area (Å²) in [4.78, 5) is 23.1. The Kier molecular flexibility index (Phi) is 5.05. The molecule has 22 heavy (non-hydrogen) atoms. The van der Waals surface area contributed by atoms with Crippen LogP contribution in [0.1, 0.15) is 16.6 Å². The monoisotopic (exact) mass is 326 g/mol. The molecule has 0 radical (unpaired) electrons. The maximum absolute atomic E-state index is 12.3. The van der Waals surface area contributed by atoms with Crippen molar-refractivity contribution in [2.24, 2.45) is 0 Å². The highest BCUT2D eigenvalue weighted by molar-refractivity contribution is 7.12. The standard InChI is InChI=1S/C14H12F2N2O3S/c1-8(19)17-9-3-2-4-10(7-9)18-13(20)12-11(5-6-22-12)21-14(15)16/h2-7,14H,1H3,(H,17,19)(H,18,20). The number of alkyl halides is 2. The predicted molar refractivity (Wildman–Crippen MR) is 79.6 cm³/mol. The third-order valence-electron chi connectivity index (χ3n) is 2.49. The van der Waals surface area contributed by atoms with Crippen molar-refractivity contribution in [1.29, 1.82) is 0 Å². The van der Waals surface area contributed by atoms with E-state index in [1.54, 1.807) is 24.3 Å². The van der Waals surface area contributed by atoms with Gasteiger partial charge in [-0.3, -0.25) is 9.59 Å². The lowest BCUT2D eigenvalue weighted by atomic mass is 10.2. The molecular formula is C14H12F2N2O3S. The molecule has 8 heteroatoms. The average Bonchev–Trinajstić information content (AvgIpc) is 2.85. The quantitative estimate of drug-likeness (QED) is 0.883. The van der Waals surface area contributed by atoms with Crippen LogP contribution in [0, 0.1) is 0 Å². The normalized spacial score (nSPS) is 10.4. The smallest absolute Gasteiger partial charge is 0.387 e. The van der Waals surface area contributed by atoms with Gasteiger partial charge in [0.2, 0.25) is 5.91 Å². The molecule has 0 unspecified atom stereocenters. The van der Waals surface area contributed by atoms with E-state index in [2.05, 4.69) is 15.4 Å². The number of ether oxygens (including phenoxy) is 1. The lowest BCUT2D eigenvalue weighted by Crippen LogP contribution is -2.13. The van der Waals surface area contributed by atoms with Gasteiger partial charge in [0.15, 0.2) is 0 Å². The molecule has 0 fully saturated rings. The Hall–Kier alpha value is -2.48. The molecule has 116 valence electrons. The van der Waals surface area contributed by atoms with E-state index in [1.165, 1.54) is 18.4 Å². The van der Waals surface area contributed by atoms with Crippen molar-refractivity contribution in [2.75, 3.05) is 10.6 Å². The van der Waals surface area contributed by atoms with Crippen LogP contribution in [0.2, 0.25) is 0 Å². The largest absolute Gasteiger partial charge is 0.433 e. The summed E-state index contributed by atoms with van der Waals surface area (Å²) in [5, 5.41) is 6.63. The number of hydrogen-bond donors (Lipinski definition) is 2. The number of thiophene rings is 1. The van der Waals surface area contributed by atoms with Gasteiger partial charge in [-0.2, -0.15) is 8.78 Å². The van der Waals surface area contributed by atoms with Gasteiger partial charge < -0.3 is 15.4 Å². The third kappa shape index (κ3) is 4.26. The highest BCUT2D eigenvalue weighted by atomic mass is 32.1. The van der Waals surface area contributed by atoms with E-state index < -0.39 is 12.5 Å². The minimum absolute atomic E-state index is 0.0465. The summed E-state index contributed by atoms with van der Waals surface area (Å²) < 4.78 is 28.8. The lowest BCUT2D eigenvalue weighted by molar-refractivity contribution is -0.114. The van der Waals surface area contributed by atoms with Gasteiger partial charge in [0.25, 0.3) is 5.91 Å². The second kappa shape index (κ2) is 6.99. The number of rotatable bonds is 5. The molecule has 0 atom stereocenters. The van der Waals surface area contributed by atoms with E-state index in [-0.39, 0.29) is 16.5 Å². The number of anilines is 2. The van der Waals surface area contributed by atoms with Crippen LogP contribution in [0.25, 0.3) is 0 Å². The van der Waals surface area contributed by atoms with Gasteiger partial charge in [0.1, 0.15) is 10.6 Å². The molecule has 5 nitrogen and oxygen atoms in total. The minimum Gasteiger partial charge on any atom is -0.433 e. The average molecular weight is 326 g/mol. The molecule has 2 rings (SSSR count). The van der Waals surface area contributed by atoms with Crippen molar-refractivity contribution in [3.05, 3.63) is 40.6 Å². The van der Waals surface area contributed by atoms with E-state index in [0.717, 1.165) is 11.3 Å². The predicted octanol–water partition coefficient (Wildman–Crippen LogP) is 3.56. The number of amides is 2. The van der Waals surface area contributed by atoms with Crippen LogP contribution >= 0.6 is 11.3 Å². The molecule has 2 N–H and O–H groups in total. The first kappa shape index (κ1) is 15.9. The van der Waals surface area contributed by atoms with Crippen molar-refractivity contribution in [3.63, 3.8) is 0 Å². The molecule has 0 saturated heterocycles. The summed E-state index contributed by atoms with van der Waals surface area (Å²) in [6, 6.07) is 7.78. The molecule has 0 aliphatic carbocycles. The van der Waals surface area contributed by atoms with E-state index in [1.807, 2.05) is 0 Å². The lowest BCUT2D eigenvalue weighted by Gasteiger charge is -2.08. The molecule has 0 saturated carbocycles. The summed E-state index contributed by atoms with van der Waals surface area (Å²) in [6.07, 6.45) is 0. The maximum atomic E-state index is 12.3. The van der Waals surface area contributed by atoms with E-state index in [9.17, 15) is 18.4 Å². The van der Waals surface area contributed by atoms with Crippen molar-refractivity contribution >= 4 is 34.5 Å². The second-order valence-corrected chi connectivity index (χ2v) is 5.12. The molecule has 2 aromatic rings. The Morgan fingerprint density at radius 3 is 2.50 bits per heavy atom. The third-order valence-corrected chi connectivity index (χ3v) is 3.39. The SMILES string of the molecule is CC(=O)Nc1cccc(NC(=O)c2sccc2OC(F)F)c1. The summed E-state index contributed by atoms with van der Waals surface area (Å²) >= 11 is 0.994. The zero-order chi connectivity index (χ0) is 16.1. The first-order valence-corrected chi connectivity index (χ1v) is 7.05. The van der Waals surface area contributed by atoms with E-state index in [4.69, 9.17) is 0 Å². The molecule has 0 aliphatic heterocycles. The maximum Gasteiger partial charge on any atom is 0.387 e. The van der Waals surface area contributed by atoms with E-state index in [0.29, 0.717) is 11.4 Å². The first-order valence-electron chi connectivity index (χ1n) is 6.17. The molecule has 2 amide bonds. The second-order valence-electron chi connectivity index (χ2n) is 4.21. The Bertz CT molecular complexity index is 688. The Balaban J connectivity index is 2.12. The summed E-state index contributed by atoms with van der Waals surface area (Å²) in [5.41, 5.74) is 0.938. The van der Waals surface area contributed by atoms with Gasteiger partial charge in [-0.15, -0.1) is 11.3 Å². The minimum atomic E-state index is -3.00. The Morgan fingerprint density at radius 2 is 1.86 bits per heavy atom. The van der Waals surface area contributed by atoms with Gasteiger partial charge in [0.05, 0.1) is 0 Å².